The third kappa shape index (κ3) is 3.61. The summed E-state index contributed by atoms with van der Waals surface area (Å²) in [7, 11) is 0. The number of hydrogen-bond donors (Lipinski definition) is 1. The molecule has 0 unspecified atom stereocenters. The van der Waals surface area contributed by atoms with Crippen molar-refractivity contribution < 1.29 is 4.79 Å². The van der Waals surface area contributed by atoms with Crippen molar-refractivity contribution in [3.63, 3.8) is 0 Å². The largest absolute Gasteiger partial charge is 0.319 e. The van der Waals surface area contributed by atoms with Gasteiger partial charge in [-0.1, -0.05) is 23.8 Å². The predicted octanol–water partition coefficient (Wildman–Crippen LogP) is 5.00. The van der Waals surface area contributed by atoms with Gasteiger partial charge in [-0.2, -0.15) is 0 Å². The second-order valence-electron chi connectivity index (χ2n) is 6.35. The number of nitrogens with one attached hydrogen (secondary N) is 1. The van der Waals surface area contributed by atoms with Crippen LogP contribution in [0.5, 0.6) is 0 Å². The summed E-state index contributed by atoms with van der Waals surface area (Å²) < 4.78 is 0. The van der Waals surface area contributed by atoms with Gasteiger partial charge in [0.1, 0.15) is 10.7 Å². The summed E-state index contributed by atoms with van der Waals surface area (Å²) in [6.45, 7) is 9.95. The van der Waals surface area contributed by atoms with E-state index in [4.69, 9.17) is 0 Å². The molecule has 0 aliphatic heterocycles. The van der Waals surface area contributed by atoms with Gasteiger partial charge in [0.25, 0.3) is 5.91 Å². The minimum Gasteiger partial charge on any atom is -0.319 e. The van der Waals surface area contributed by atoms with Crippen molar-refractivity contribution in [1.82, 2.24) is 9.97 Å². The lowest BCUT2D eigenvalue weighted by atomic mass is 10.1. The number of aromatic nitrogens is 2. The minimum atomic E-state index is -0.205. The molecule has 3 rings (SSSR count). The predicted molar refractivity (Wildman–Crippen MR) is 103 cm³/mol. The smallest absolute Gasteiger partial charge is 0.275 e. The molecule has 1 amide bonds. The van der Waals surface area contributed by atoms with Crippen LogP contribution in [0.1, 0.15) is 38.6 Å². The summed E-state index contributed by atoms with van der Waals surface area (Å²) in [5.41, 5.74) is 7.40. The molecule has 1 aromatic carbocycles. The van der Waals surface area contributed by atoms with Gasteiger partial charge < -0.3 is 5.32 Å². The van der Waals surface area contributed by atoms with Crippen molar-refractivity contribution in [1.29, 1.82) is 0 Å². The summed E-state index contributed by atoms with van der Waals surface area (Å²) in [6.07, 6.45) is 0. The fraction of sp³-hybridized carbons (Fsp3) is 0.250. The molecule has 2 aromatic heterocycles. The Balaban J connectivity index is 1.86. The number of anilines is 1. The van der Waals surface area contributed by atoms with Crippen molar-refractivity contribution in [3.05, 3.63) is 63.4 Å². The molecule has 0 radical (unpaired) electrons. The van der Waals surface area contributed by atoms with Gasteiger partial charge >= 0.3 is 0 Å². The minimum absolute atomic E-state index is 0.205. The molecule has 128 valence electrons. The Labute approximate surface area is 152 Å². The van der Waals surface area contributed by atoms with E-state index in [1.165, 1.54) is 16.9 Å². The van der Waals surface area contributed by atoms with Crippen LogP contribution in [-0.4, -0.2) is 15.9 Å². The lowest BCUT2D eigenvalue weighted by molar-refractivity contribution is 0.102. The average Bonchev–Trinajstić information content (AvgIpc) is 3.00. The molecule has 0 fully saturated rings. The van der Waals surface area contributed by atoms with Crippen LogP contribution in [0.25, 0.3) is 10.6 Å². The number of thiazole rings is 1. The second kappa shape index (κ2) is 6.76. The lowest BCUT2D eigenvalue weighted by Gasteiger charge is -2.11. The highest BCUT2D eigenvalue weighted by atomic mass is 32.1. The van der Waals surface area contributed by atoms with Crippen molar-refractivity contribution in [2.75, 3.05) is 5.32 Å². The van der Waals surface area contributed by atoms with Gasteiger partial charge in [-0.05, 0) is 51.8 Å². The number of aryl methyl sites for hydroxylation is 5. The van der Waals surface area contributed by atoms with Crippen LogP contribution in [-0.2, 0) is 0 Å². The first-order valence-corrected chi connectivity index (χ1v) is 9.02. The Morgan fingerprint density at radius 1 is 1.00 bits per heavy atom. The first-order chi connectivity index (χ1) is 11.8. The number of rotatable bonds is 3. The molecule has 25 heavy (non-hydrogen) atoms. The van der Waals surface area contributed by atoms with Gasteiger partial charge in [0.15, 0.2) is 0 Å². The fourth-order valence-corrected chi connectivity index (χ4v) is 3.84. The molecular weight excluding hydrogens is 330 g/mol. The van der Waals surface area contributed by atoms with Crippen LogP contribution in [0.3, 0.4) is 0 Å². The Morgan fingerprint density at radius 3 is 2.44 bits per heavy atom. The zero-order valence-electron chi connectivity index (χ0n) is 15.1. The summed E-state index contributed by atoms with van der Waals surface area (Å²) in [5, 5.41) is 5.61. The Hall–Kier alpha value is -2.53. The van der Waals surface area contributed by atoms with Gasteiger partial charge in [-0.3, -0.25) is 9.78 Å². The van der Waals surface area contributed by atoms with E-state index >= 15 is 0 Å². The highest BCUT2D eigenvalue weighted by molar-refractivity contribution is 7.13. The molecule has 1 N–H and O–H groups in total. The molecule has 0 bridgehead atoms. The maximum Gasteiger partial charge on any atom is 0.275 e. The normalized spacial score (nSPS) is 10.8. The molecule has 0 atom stereocenters. The molecule has 0 aliphatic carbocycles. The van der Waals surface area contributed by atoms with Crippen LogP contribution < -0.4 is 5.32 Å². The molecule has 0 spiro atoms. The molecule has 5 heteroatoms. The van der Waals surface area contributed by atoms with Crippen molar-refractivity contribution in [2.45, 2.75) is 34.6 Å². The van der Waals surface area contributed by atoms with Crippen LogP contribution in [0.4, 0.5) is 5.69 Å². The third-order valence-electron chi connectivity index (χ3n) is 4.11. The van der Waals surface area contributed by atoms with Crippen molar-refractivity contribution >= 4 is 22.9 Å². The molecule has 0 saturated heterocycles. The van der Waals surface area contributed by atoms with E-state index in [0.717, 1.165) is 38.8 Å². The maximum absolute atomic E-state index is 12.6. The van der Waals surface area contributed by atoms with E-state index in [2.05, 4.69) is 47.3 Å². The Bertz CT molecular complexity index is 936. The Morgan fingerprint density at radius 2 is 1.76 bits per heavy atom. The molecule has 2 heterocycles. The highest BCUT2D eigenvalue weighted by Gasteiger charge is 2.15. The summed E-state index contributed by atoms with van der Waals surface area (Å²) >= 11 is 1.48. The first kappa shape index (κ1) is 17.3. The van der Waals surface area contributed by atoms with Crippen molar-refractivity contribution in [3.8, 4) is 10.6 Å². The molecule has 4 nitrogen and oxygen atoms in total. The van der Waals surface area contributed by atoms with Gasteiger partial charge in [-0.25, -0.2) is 4.98 Å². The van der Waals surface area contributed by atoms with E-state index < -0.39 is 0 Å². The number of benzene rings is 1. The molecule has 3 aromatic rings. The number of carbonyl (C=O) groups excluding carboxylic acids is 1. The number of pyridine rings is 1. The topological polar surface area (TPSA) is 54.9 Å². The average molecular weight is 351 g/mol. The van der Waals surface area contributed by atoms with Gasteiger partial charge in [0.05, 0.1) is 11.4 Å². The lowest BCUT2D eigenvalue weighted by Crippen LogP contribution is -2.15. The van der Waals surface area contributed by atoms with E-state index in [-0.39, 0.29) is 5.91 Å². The quantitative estimate of drug-likeness (QED) is 0.722. The van der Waals surface area contributed by atoms with Crippen LogP contribution in [0.15, 0.2) is 29.6 Å². The fourth-order valence-electron chi connectivity index (χ4n) is 2.95. The molecule has 0 saturated carbocycles. The second-order valence-corrected chi connectivity index (χ2v) is 7.21. The molecule has 0 aliphatic rings. The summed E-state index contributed by atoms with van der Waals surface area (Å²) in [4.78, 5) is 21.5. The number of carbonyl (C=O) groups is 1. The summed E-state index contributed by atoms with van der Waals surface area (Å²) in [5.74, 6) is -0.205. The highest BCUT2D eigenvalue weighted by Crippen LogP contribution is 2.28. The van der Waals surface area contributed by atoms with E-state index in [0.29, 0.717) is 5.69 Å². The zero-order valence-corrected chi connectivity index (χ0v) is 15.9. The van der Waals surface area contributed by atoms with Gasteiger partial charge in [0.2, 0.25) is 0 Å². The Kier molecular flexibility index (Phi) is 4.68. The molecular formula is C20H21N3OS. The summed E-state index contributed by atoms with van der Waals surface area (Å²) in [6, 6.07) is 8.21. The number of hydrogen-bond acceptors (Lipinski definition) is 4. The van der Waals surface area contributed by atoms with E-state index in [9.17, 15) is 4.79 Å². The number of nitrogens with zero attached hydrogens (tertiary/aromatic N) is 2. The van der Waals surface area contributed by atoms with Crippen LogP contribution in [0, 0.1) is 34.6 Å². The number of amides is 1. The van der Waals surface area contributed by atoms with Gasteiger partial charge in [0, 0.05) is 16.6 Å². The van der Waals surface area contributed by atoms with E-state index in [1.807, 2.05) is 26.8 Å². The van der Waals surface area contributed by atoms with Gasteiger partial charge in [-0.15, -0.1) is 11.3 Å². The monoisotopic (exact) mass is 351 g/mol. The zero-order chi connectivity index (χ0) is 18.1. The third-order valence-corrected chi connectivity index (χ3v) is 4.99. The maximum atomic E-state index is 12.6. The van der Waals surface area contributed by atoms with Crippen molar-refractivity contribution in [2.24, 2.45) is 0 Å². The van der Waals surface area contributed by atoms with Crippen LogP contribution >= 0.6 is 11.3 Å². The SMILES string of the molecule is Cc1ccc(-c2nc(C(=O)Nc3c(C)cc(C)nc3C)cs2)c(C)c1. The van der Waals surface area contributed by atoms with Crippen LogP contribution in [0.2, 0.25) is 0 Å². The first-order valence-electron chi connectivity index (χ1n) is 8.14. The van der Waals surface area contributed by atoms with E-state index in [1.54, 1.807) is 5.38 Å². The standard InChI is InChI=1S/C20H21N3OS/c1-11-6-7-16(12(2)8-11)20-22-17(10-25-20)19(24)23-18-13(3)9-14(4)21-15(18)5/h6-10H,1-5H3,(H,23,24).